The fourth-order valence-electron chi connectivity index (χ4n) is 11.0. The lowest BCUT2D eigenvalue weighted by Gasteiger charge is -2.21. The normalized spacial score (nSPS) is 14.6. The monoisotopic (exact) mass is 1510 g/mol. The van der Waals surface area contributed by atoms with Gasteiger partial charge in [0.15, 0.2) is 6.10 Å². The van der Waals surface area contributed by atoms with Crippen molar-refractivity contribution in [3.8, 4) is 0 Å². The zero-order chi connectivity index (χ0) is 76.6. The number of esters is 3. The van der Waals surface area contributed by atoms with E-state index in [4.69, 9.17) is 32.3 Å². The first-order valence-corrected chi connectivity index (χ1v) is 44.5. The maximum absolute atomic E-state index is 12.9. The Labute approximate surface area is 639 Å². The van der Waals surface area contributed by atoms with Gasteiger partial charge < -0.3 is 34.2 Å². The highest BCUT2D eigenvalue weighted by Gasteiger charge is 2.29. The van der Waals surface area contributed by atoms with E-state index in [1.165, 1.54) is 167 Å². The molecule has 16 nitrogen and oxygen atoms in total. The van der Waals surface area contributed by atoms with E-state index < -0.39 is 91.5 Å². The largest absolute Gasteiger partial charge is 0.472 e. The second kappa shape index (κ2) is 79.2. The summed E-state index contributed by atoms with van der Waals surface area (Å²) in [5.74, 6) is -1.68. The molecule has 105 heavy (non-hydrogen) atoms. The molecule has 5 unspecified atom stereocenters. The predicted octanol–water partition coefficient (Wildman–Crippen LogP) is 24.7. The van der Waals surface area contributed by atoms with Crippen molar-refractivity contribution in [3.05, 3.63) is 134 Å². The van der Waals surface area contributed by atoms with Crippen LogP contribution in [0.1, 0.15) is 342 Å². The SMILES string of the molecule is CC/C=C\C/C=C\C/C=C\C/C=C\C/C=C\C/C=C\CCC(=O)OCC(COP(=O)(O)OCC(O)COP(=O)(O)OCC(O)COC(=O)CCCCCCCCCCCCCCCCCCCCC/C=C\C/C=C\C/C=C\C/C=C\CCCCC)OC(=O)CCCCCCC/C=C\CCCCCCCC. The van der Waals surface area contributed by atoms with Gasteiger partial charge in [0.2, 0.25) is 0 Å². The maximum atomic E-state index is 12.9. The van der Waals surface area contributed by atoms with Crippen molar-refractivity contribution in [1.29, 1.82) is 0 Å². The van der Waals surface area contributed by atoms with E-state index in [2.05, 4.69) is 136 Å². The topological polar surface area (TPSA) is 231 Å². The third-order valence-electron chi connectivity index (χ3n) is 17.3. The minimum Gasteiger partial charge on any atom is -0.463 e. The van der Waals surface area contributed by atoms with Gasteiger partial charge in [-0.3, -0.25) is 32.5 Å². The lowest BCUT2D eigenvalue weighted by molar-refractivity contribution is -0.161. The van der Waals surface area contributed by atoms with Gasteiger partial charge >= 0.3 is 33.6 Å². The van der Waals surface area contributed by atoms with E-state index in [0.29, 0.717) is 25.7 Å². The second-order valence-corrected chi connectivity index (χ2v) is 30.4. The molecule has 0 aliphatic rings. The lowest BCUT2D eigenvalue weighted by atomic mass is 10.0. The van der Waals surface area contributed by atoms with Crippen LogP contribution in [0.5, 0.6) is 0 Å². The Kier molecular flexibility index (Phi) is 76.0. The fraction of sp³-hybridized carbons (Fsp3) is 0.713. The quantitative estimate of drug-likeness (QED) is 0.0146. The third-order valence-corrected chi connectivity index (χ3v) is 19.2. The number of phosphoric ester groups is 2. The fourth-order valence-corrected chi connectivity index (χ4v) is 12.6. The number of carbonyl (C=O) groups excluding carboxylic acids is 3. The number of carbonyl (C=O) groups is 3. The van der Waals surface area contributed by atoms with Gasteiger partial charge in [0.1, 0.15) is 25.4 Å². The molecule has 0 fully saturated rings. The van der Waals surface area contributed by atoms with Gasteiger partial charge in [-0.2, -0.15) is 0 Å². The molecule has 0 rings (SSSR count). The second-order valence-electron chi connectivity index (χ2n) is 27.5. The van der Waals surface area contributed by atoms with E-state index in [9.17, 15) is 43.5 Å². The average Bonchev–Trinajstić information content (AvgIpc) is 0.913. The van der Waals surface area contributed by atoms with Crippen LogP contribution in [0.25, 0.3) is 0 Å². The standard InChI is InChI=1S/C87H150O16P2/c1-4-7-10-13-16-19-22-25-28-30-32-33-34-35-36-37-38-39-40-41-42-43-44-45-46-47-49-51-53-55-58-61-64-67-70-73-85(90)97-76-82(88)77-99-104(93,94)100-78-83(89)79-101-105(95,96)102-81-84(103-87(92)75-72-69-66-63-60-57-52-27-24-21-18-15-12-9-6-3)80-98-86(91)74-71-68-65-62-59-56-54-50-48-31-29-26-23-20-17-14-11-8-5-2/h8,11,16-17,19-20,25-29,32-33,35-36,48,50,52,56,59,65,68,82-84,88-89H,4-7,9-10,12-15,18,21-24,30-31,34,37-47,49,51,53-55,57-58,60-64,66-67,69-81H2,1-3H3,(H,93,94)(H,95,96)/b11-8-,19-16-,20-17-,28-25-,29-26-,33-32-,36-35-,50-48-,52-27-,59-56-,68-65-. The maximum Gasteiger partial charge on any atom is 0.472 e. The molecular weight excluding hydrogens is 1360 g/mol. The van der Waals surface area contributed by atoms with Gasteiger partial charge in [-0.25, -0.2) is 9.13 Å². The van der Waals surface area contributed by atoms with E-state index >= 15 is 0 Å². The van der Waals surface area contributed by atoms with Crippen LogP contribution in [-0.2, 0) is 55.8 Å². The van der Waals surface area contributed by atoms with Crippen LogP contribution in [0.2, 0.25) is 0 Å². The number of hydrogen-bond acceptors (Lipinski definition) is 14. The first-order chi connectivity index (χ1) is 51.2. The third kappa shape index (κ3) is 80.5. The summed E-state index contributed by atoms with van der Waals surface area (Å²) >= 11 is 0. The smallest absolute Gasteiger partial charge is 0.463 e. The Morgan fingerprint density at radius 3 is 0.886 bits per heavy atom. The molecule has 0 saturated carbocycles. The van der Waals surface area contributed by atoms with Crippen molar-refractivity contribution in [2.24, 2.45) is 0 Å². The van der Waals surface area contributed by atoms with Crippen molar-refractivity contribution in [2.45, 2.75) is 360 Å². The molecule has 0 bridgehead atoms. The molecule has 0 spiro atoms. The number of aliphatic hydroxyl groups excluding tert-OH is 2. The highest BCUT2D eigenvalue weighted by atomic mass is 31.2. The Morgan fingerprint density at radius 1 is 0.276 bits per heavy atom. The van der Waals surface area contributed by atoms with Crippen molar-refractivity contribution in [2.75, 3.05) is 39.6 Å². The zero-order valence-electron chi connectivity index (χ0n) is 66.1. The highest BCUT2D eigenvalue weighted by molar-refractivity contribution is 7.47. The van der Waals surface area contributed by atoms with Crippen LogP contribution in [0.3, 0.4) is 0 Å². The Bertz CT molecular complexity index is 2440. The van der Waals surface area contributed by atoms with Crippen LogP contribution < -0.4 is 0 Å². The molecule has 0 aromatic rings. The van der Waals surface area contributed by atoms with E-state index in [-0.39, 0.29) is 19.3 Å². The summed E-state index contributed by atoms with van der Waals surface area (Å²) in [5, 5.41) is 20.6. The number of hydrogen-bond donors (Lipinski definition) is 4. The van der Waals surface area contributed by atoms with Gasteiger partial charge in [-0.05, 0) is 128 Å². The molecule has 0 aliphatic carbocycles. The molecule has 4 N–H and O–H groups in total. The number of allylic oxidation sites excluding steroid dienone is 22. The van der Waals surface area contributed by atoms with Crippen molar-refractivity contribution in [1.82, 2.24) is 0 Å². The minimum absolute atomic E-state index is 0.0416. The molecule has 0 amide bonds. The number of unbranched alkanes of at least 4 members (excludes halogenated alkanes) is 33. The summed E-state index contributed by atoms with van der Waals surface area (Å²) in [4.78, 5) is 58.6. The Balaban J connectivity index is 4.44. The van der Waals surface area contributed by atoms with Gasteiger partial charge in [0, 0.05) is 19.3 Å². The van der Waals surface area contributed by atoms with Gasteiger partial charge in [-0.1, -0.05) is 328 Å². The number of aliphatic hydroxyl groups is 2. The molecule has 0 saturated heterocycles. The van der Waals surface area contributed by atoms with Crippen molar-refractivity contribution < 1.29 is 75.8 Å². The van der Waals surface area contributed by atoms with Gasteiger partial charge in [0.25, 0.3) is 0 Å². The first-order valence-electron chi connectivity index (χ1n) is 41.5. The number of rotatable bonds is 78. The molecule has 0 radical (unpaired) electrons. The lowest BCUT2D eigenvalue weighted by Crippen LogP contribution is -2.30. The highest BCUT2D eigenvalue weighted by Crippen LogP contribution is 2.45. The van der Waals surface area contributed by atoms with Crippen LogP contribution in [0.15, 0.2) is 134 Å². The Hall–Kier alpha value is -4.31. The van der Waals surface area contributed by atoms with Crippen LogP contribution in [0, 0.1) is 0 Å². The van der Waals surface area contributed by atoms with Crippen molar-refractivity contribution >= 4 is 33.6 Å². The molecule has 604 valence electrons. The number of phosphoric acid groups is 2. The van der Waals surface area contributed by atoms with E-state index in [1.807, 2.05) is 18.2 Å². The summed E-state index contributed by atoms with van der Waals surface area (Å²) in [7, 11) is -9.81. The summed E-state index contributed by atoms with van der Waals surface area (Å²) < 4.78 is 61.1. The summed E-state index contributed by atoms with van der Waals surface area (Å²) in [6, 6.07) is 0. The number of ether oxygens (including phenoxy) is 3. The Morgan fingerprint density at radius 2 is 0.524 bits per heavy atom. The molecule has 0 aliphatic heterocycles. The molecular formula is C87H150O16P2. The molecule has 5 atom stereocenters. The molecule has 0 heterocycles. The minimum atomic E-state index is -4.95. The average molecular weight is 1510 g/mol. The first kappa shape index (κ1) is 101. The summed E-state index contributed by atoms with van der Waals surface area (Å²) in [6.45, 7) is 2.45. The van der Waals surface area contributed by atoms with E-state index in [1.54, 1.807) is 0 Å². The van der Waals surface area contributed by atoms with Crippen LogP contribution >= 0.6 is 15.6 Å². The van der Waals surface area contributed by atoms with Gasteiger partial charge in [0.05, 0.1) is 26.4 Å². The van der Waals surface area contributed by atoms with Crippen molar-refractivity contribution in [3.63, 3.8) is 0 Å². The van der Waals surface area contributed by atoms with Crippen LogP contribution in [0.4, 0.5) is 0 Å². The zero-order valence-corrected chi connectivity index (χ0v) is 67.9. The van der Waals surface area contributed by atoms with E-state index in [0.717, 1.165) is 109 Å². The molecule has 0 aromatic heterocycles. The summed E-state index contributed by atoms with van der Waals surface area (Å²) in [5.41, 5.74) is 0. The predicted molar refractivity (Wildman–Crippen MR) is 436 cm³/mol. The summed E-state index contributed by atoms with van der Waals surface area (Å²) in [6.07, 6.45) is 96.8. The molecule has 18 heteroatoms. The molecule has 0 aromatic carbocycles. The van der Waals surface area contributed by atoms with Gasteiger partial charge in [-0.15, -0.1) is 0 Å². The van der Waals surface area contributed by atoms with Crippen LogP contribution in [-0.4, -0.2) is 95.9 Å².